The largest absolute Gasteiger partial charge is 0.482 e. The maximum absolute atomic E-state index is 13.0. The minimum atomic E-state index is -0.732. The normalized spacial score (nSPS) is 13.9. The number of hydrogen-bond acceptors (Lipinski definition) is 6. The van der Waals surface area contributed by atoms with Crippen molar-refractivity contribution in [1.29, 1.82) is 0 Å². The summed E-state index contributed by atoms with van der Waals surface area (Å²) in [4.78, 5) is 39.2. The number of ether oxygens (including phenoxy) is 2. The fourth-order valence-electron chi connectivity index (χ4n) is 2.69. The van der Waals surface area contributed by atoms with E-state index in [1.54, 1.807) is 17.0 Å². The number of amides is 2. The zero-order valence-corrected chi connectivity index (χ0v) is 15.0. The Kier molecular flexibility index (Phi) is 6.25. The fourth-order valence-corrected chi connectivity index (χ4v) is 2.69. The van der Waals surface area contributed by atoms with E-state index in [9.17, 15) is 18.8 Å². The lowest BCUT2D eigenvalue weighted by atomic mass is 10.3. The molecule has 0 radical (unpaired) electrons. The van der Waals surface area contributed by atoms with Gasteiger partial charge in [-0.05, 0) is 24.3 Å². The standard InChI is InChI=1S/C19H19FN2O6/c20-14-3-1-4-15(11-14)27-13-18(24)28-12-17(23)21-6-8-22(9-7-21)19(25)16-5-2-10-26-16/h1-5,10-11H,6-9,12-13H2. The van der Waals surface area contributed by atoms with E-state index in [0.29, 0.717) is 26.2 Å². The summed E-state index contributed by atoms with van der Waals surface area (Å²) in [5, 5.41) is 0. The van der Waals surface area contributed by atoms with Crippen LogP contribution in [0.2, 0.25) is 0 Å². The van der Waals surface area contributed by atoms with Gasteiger partial charge in [-0.3, -0.25) is 9.59 Å². The first-order chi connectivity index (χ1) is 13.5. The number of hydrogen-bond donors (Lipinski definition) is 0. The molecule has 1 aromatic carbocycles. The van der Waals surface area contributed by atoms with Gasteiger partial charge in [0, 0.05) is 32.2 Å². The van der Waals surface area contributed by atoms with E-state index in [0.717, 1.165) is 6.07 Å². The Morgan fingerprint density at radius 2 is 1.75 bits per heavy atom. The van der Waals surface area contributed by atoms with Gasteiger partial charge in [-0.2, -0.15) is 0 Å². The molecule has 1 saturated heterocycles. The molecule has 1 fully saturated rings. The number of carbonyl (C=O) groups is 3. The lowest BCUT2D eigenvalue weighted by molar-refractivity contribution is -0.154. The van der Waals surface area contributed by atoms with Gasteiger partial charge in [0.25, 0.3) is 11.8 Å². The second-order valence-electron chi connectivity index (χ2n) is 6.06. The molecule has 9 heteroatoms. The summed E-state index contributed by atoms with van der Waals surface area (Å²) in [6, 6.07) is 8.58. The van der Waals surface area contributed by atoms with Crippen LogP contribution in [0.25, 0.3) is 0 Å². The van der Waals surface area contributed by atoms with E-state index in [1.807, 2.05) is 0 Å². The number of nitrogens with zero attached hydrogens (tertiary/aromatic N) is 2. The van der Waals surface area contributed by atoms with Crippen molar-refractivity contribution in [2.24, 2.45) is 0 Å². The van der Waals surface area contributed by atoms with E-state index in [1.165, 1.54) is 29.4 Å². The summed E-state index contributed by atoms with van der Waals surface area (Å²) < 4.78 is 28.1. The molecule has 8 nitrogen and oxygen atoms in total. The Morgan fingerprint density at radius 1 is 1.00 bits per heavy atom. The zero-order chi connectivity index (χ0) is 19.9. The number of halogens is 1. The van der Waals surface area contributed by atoms with Crippen LogP contribution in [0.5, 0.6) is 5.75 Å². The van der Waals surface area contributed by atoms with Crippen molar-refractivity contribution in [3.63, 3.8) is 0 Å². The number of carbonyl (C=O) groups excluding carboxylic acids is 3. The highest BCUT2D eigenvalue weighted by Gasteiger charge is 2.26. The Hall–Kier alpha value is -3.36. The lowest BCUT2D eigenvalue weighted by Crippen LogP contribution is -2.51. The molecule has 28 heavy (non-hydrogen) atoms. The predicted octanol–water partition coefficient (Wildman–Crippen LogP) is 1.33. The average Bonchev–Trinajstić information content (AvgIpc) is 3.25. The van der Waals surface area contributed by atoms with Crippen LogP contribution in [0.1, 0.15) is 10.6 Å². The van der Waals surface area contributed by atoms with Crippen LogP contribution < -0.4 is 4.74 Å². The third-order valence-electron chi connectivity index (χ3n) is 4.16. The maximum atomic E-state index is 13.0. The van der Waals surface area contributed by atoms with Gasteiger partial charge in [-0.25, -0.2) is 9.18 Å². The average molecular weight is 390 g/mol. The zero-order valence-electron chi connectivity index (χ0n) is 15.0. The van der Waals surface area contributed by atoms with Crippen molar-refractivity contribution in [2.45, 2.75) is 0 Å². The highest BCUT2D eigenvalue weighted by atomic mass is 19.1. The fraction of sp³-hybridized carbons (Fsp3) is 0.316. The van der Waals surface area contributed by atoms with Crippen molar-refractivity contribution >= 4 is 17.8 Å². The van der Waals surface area contributed by atoms with Gasteiger partial charge in [0.15, 0.2) is 19.0 Å². The topological polar surface area (TPSA) is 89.3 Å². The van der Waals surface area contributed by atoms with Crippen LogP contribution >= 0.6 is 0 Å². The summed E-state index contributed by atoms with van der Waals surface area (Å²) in [7, 11) is 0. The van der Waals surface area contributed by atoms with Gasteiger partial charge in [-0.15, -0.1) is 0 Å². The molecule has 3 rings (SSSR count). The van der Waals surface area contributed by atoms with Crippen LogP contribution in [-0.2, 0) is 14.3 Å². The second-order valence-corrected chi connectivity index (χ2v) is 6.06. The molecule has 0 saturated carbocycles. The Morgan fingerprint density at radius 3 is 2.43 bits per heavy atom. The summed E-state index contributed by atoms with van der Waals surface area (Å²) in [6.07, 6.45) is 1.43. The number of rotatable bonds is 6. The van der Waals surface area contributed by atoms with Crippen LogP contribution in [0.4, 0.5) is 4.39 Å². The molecule has 0 spiro atoms. The van der Waals surface area contributed by atoms with E-state index in [2.05, 4.69) is 0 Å². The van der Waals surface area contributed by atoms with Gasteiger partial charge < -0.3 is 23.7 Å². The predicted molar refractivity (Wildman–Crippen MR) is 94.0 cm³/mol. The number of furan rings is 1. The molecule has 1 aliphatic heterocycles. The van der Waals surface area contributed by atoms with E-state index in [4.69, 9.17) is 13.9 Å². The van der Waals surface area contributed by atoms with Gasteiger partial charge in [0.2, 0.25) is 0 Å². The molecule has 0 aliphatic carbocycles. The highest BCUT2D eigenvalue weighted by molar-refractivity contribution is 5.91. The van der Waals surface area contributed by atoms with E-state index in [-0.39, 0.29) is 23.3 Å². The van der Waals surface area contributed by atoms with Crippen molar-refractivity contribution in [3.8, 4) is 5.75 Å². The molecule has 0 unspecified atom stereocenters. The van der Waals surface area contributed by atoms with Crippen molar-refractivity contribution in [2.75, 3.05) is 39.4 Å². The first-order valence-corrected chi connectivity index (χ1v) is 8.67. The molecule has 0 bridgehead atoms. The third kappa shape index (κ3) is 5.09. The lowest BCUT2D eigenvalue weighted by Gasteiger charge is -2.34. The van der Waals surface area contributed by atoms with Gasteiger partial charge in [-0.1, -0.05) is 6.07 Å². The molecule has 2 aromatic rings. The molecule has 1 aliphatic rings. The SMILES string of the molecule is O=C(COc1cccc(F)c1)OCC(=O)N1CCN(C(=O)c2ccco2)CC1. The Balaban J connectivity index is 1.37. The molecular weight excluding hydrogens is 371 g/mol. The molecule has 2 heterocycles. The van der Waals surface area contributed by atoms with E-state index < -0.39 is 25.0 Å². The summed E-state index contributed by atoms with van der Waals surface area (Å²) in [5.74, 6) is -1.34. The van der Waals surface area contributed by atoms with Gasteiger partial charge >= 0.3 is 5.97 Å². The maximum Gasteiger partial charge on any atom is 0.344 e. The number of benzene rings is 1. The Labute approximate surface area is 160 Å². The minimum absolute atomic E-state index is 0.195. The quantitative estimate of drug-likeness (QED) is 0.692. The van der Waals surface area contributed by atoms with Crippen LogP contribution in [0.15, 0.2) is 47.1 Å². The van der Waals surface area contributed by atoms with Crippen molar-refractivity contribution in [1.82, 2.24) is 9.80 Å². The van der Waals surface area contributed by atoms with Crippen molar-refractivity contribution < 1.29 is 32.7 Å². The molecule has 148 valence electrons. The summed E-state index contributed by atoms with van der Waals surface area (Å²) in [5.41, 5.74) is 0. The molecule has 2 amide bonds. The summed E-state index contributed by atoms with van der Waals surface area (Å²) in [6.45, 7) is 0.550. The van der Waals surface area contributed by atoms with E-state index >= 15 is 0 Å². The van der Waals surface area contributed by atoms with Gasteiger partial charge in [0.05, 0.1) is 6.26 Å². The Bertz CT molecular complexity index is 831. The molecule has 1 aromatic heterocycles. The van der Waals surface area contributed by atoms with Gasteiger partial charge in [0.1, 0.15) is 11.6 Å². The highest BCUT2D eigenvalue weighted by Crippen LogP contribution is 2.12. The smallest absolute Gasteiger partial charge is 0.344 e. The first-order valence-electron chi connectivity index (χ1n) is 8.67. The molecule has 0 N–H and O–H groups in total. The van der Waals surface area contributed by atoms with Crippen LogP contribution in [0.3, 0.4) is 0 Å². The van der Waals surface area contributed by atoms with Crippen LogP contribution in [-0.4, -0.2) is 67.0 Å². The van der Waals surface area contributed by atoms with Crippen molar-refractivity contribution in [3.05, 3.63) is 54.2 Å². The number of esters is 1. The third-order valence-corrected chi connectivity index (χ3v) is 4.16. The minimum Gasteiger partial charge on any atom is -0.482 e. The molecular formula is C19H19FN2O6. The monoisotopic (exact) mass is 390 g/mol. The second kappa shape index (κ2) is 9.03. The first kappa shape index (κ1) is 19.4. The van der Waals surface area contributed by atoms with Crippen LogP contribution in [0, 0.1) is 5.82 Å². The summed E-state index contributed by atoms with van der Waals surface area (Å²) >= 11 is 0. The molecule has 0 atom stereocenters. The number of piperazine rings is 1.